The lowest BCUT2D eigenvalue weighted by atomic mass is 10.1. The van der Waals surface area contributed by atoms with Crippen LogP contribution < -0.4 is 5.32 Å². The Morgan fingerprint density at radius 1 is 1.19 bits per heavy atom. The third-order valence-corrected chi connectivity index (χ3v) is 5.73. The number of benzene rings is 1. The molecule has 1 aliphatic heterocycles. The zero-order valence-electron chi connectivity index (χ0n) is 9.01. The van der Waals surface area contributed by atoms with Crippen LogP contribution in [-0.2, 0) is 6.54 Å². The highest BCUT2D eigenvalue weighted by Crippen LogP contribution is 2.24. The van der Waals surface area contributed by atoms with Crippen molar-refractivity contribution in [2.24, 2.45) is 0 Å². The van der Waals surface area contributed by atoms with Crippen LogP contribution in [0.15, 0.2) is 27.1 Å². The Balaban J connectivity index is 1.86. The highest BCUT2D eigenvalue weighted by Gasteiger charge is 2.12. The molecule has 1 aliphatic rings. The maximum Gasteiger partial charge on any atom is 0.0320 e. The van der Waals surface area contributed by atoms with E-state index in [0.29, 0.717) is 6.04 Å². The van der Waals surface area contributed by atoms with Crippen molar-refractivity contribution in [3.8, 4) is 0 Å². The Hall–Kier alpha value is 0.490. The molecule has 0 spiro atoms. The summed E-state index contributed by atoms with van der Waals surface area (Å²) < 4.78 is 2.25. The van der Waals surface area contributed by atoms with Gasteiger partial charge in [0.2, 0.25) is 0 Å². The molecule has 4 heteroatoms. The average Bonchev–Trinajstić information content (AvgIpc) is 2.32. The third-order valence-electron chi connectivity index (χ3n) is 2.80. The number of halogens is 2. The van der Waals surface area contributed by atoms with Gasteiger partial charge in [-0.3, -0.25) is 0 Å². The molecule has 16 heavy (non-hydrogen) atoms. The molecule has 1 N–H and O–H groups in total. The molecule has 88 valence electrons. The molecular formula is C12H15Br2NS. The van der Waals surface area contributed by atoms with Crippen molar-refractivity contribution in [2.75, 3.05) is 11.5 Å². The summed E-state index contributed by atoms with van der Waals surface area (Å²) in [5.74, 6) is 2.61. The normalized spacial score (nSPS) is 17.6. The number of thioether (sulfide) groups is 1. The molecule has 1 aromatic carbocycles. The van der Waals surface area contributed by atoms with Gasteiger partial charge in [0, 0.05) is 21.5 Å². The van der Waals surface area contributed by atoms with E-state index in [1.807, 2.05) is 0 Å². The minimum atomic E-state index is 0.712. The van der Waals surface area contributed by atoms with Crippen molar-refractivity contribution in [2.45, 2.75) is 25.4 Å². The molecule has 0 bridgehead atoms. The second-order valence-electron chi connectivity index (χ2n) is 4.02. The first kappa shape index (κ1) is 12.9. The summed E-state index contributed by atoms with van der Waals surface area (Å²) in [5.41, 5.74) is 1.34. The summed E-state index contributed by atoms with van der Waals surface area (Å²) in [6, 6.07) is 7.15. The lowest BCUT2D eigenvalue weighted by Gasteiger charge is -2.22. The maximum atomic E-state index is 3.64. The van der Waals surface area contributed by atoms with Crippen LogP contribution in [0.4, 0.5) is 0 Å². The summed E-state index contributed by atoms with van der Waals surface area (Å²) in [7, 11) is 0. The van der Waals surface area contributed by atoms with Gasteiger partial charge in [-0.05, 0) is 73.9 Å². The minimum absolute atomic E-state index is 0.712. The monoisotopic (exact) mass is 363 g/mol. The fraction of sp³-hybridized carbons (Fsp3) is 0.500. The summed E-state index contributed by atoms with van der Waals surface area (Å²) in [6.07, 6.45) is 2.62. The van der Waals surface area contributed by atoms with Gasteiger partial charge in [0.05, 0.1) is 0 Å². The molecule has 0 unspecified atom stereocenters. The first-order valence-corrected chi connectivity index (χ1v) is 8.25. The van der Waals surface area contributed by atoms with E-state index in [-0.39, 0.29) is 0 Å². The largest absolute Gasteiger partial charge is 0.310 e. The summed E-state index contributed by atoms with van der Waals surface area (Å²) >= 11 is 9.09. The van der Waals surface area contributed by atoms with E-state index in [9.17, 15) is 0 Å². The van der Waals surface area contributed by atoms with E-state index in [1.54, 1.807) is 0 Å². The van der Waals surface area contributed by atoms with E-state index in [4.69, 9.17) is 0 Å². The Kier molecular flexibility index (Phi) is 5.20. The lowest BCUT2D eigenvalue weighted by molar-refractivity contribution is 0.482. The average molecular weight is 365 g/mol. The van der Waals surface area contributed by atoms with Gasteiger partial charge in [-0.2, -0.15) is 11.8 Å². The zero-order chi connectivity index (χ0) is 11.4. The van der Waals surface area contributed by atoms with Crippen LogP contribution in [0.2, 0.25) is 0 Å². The lowest BCUT2D eigenvalue weighted by Crippen LogP contribution is -2.32. The van der Waals surface area contributed by atoms with Crippen LogP contribution in [0.5, 0.6) is 0 Å². The van der Waals surface area contributed by atoms with E-state index in [1.165, 1.54) is 29.9 Å². The fourth-order valence-electron chi connectivity index (χ4n) is 1.81. The summed E-state index contributed by atoms with van der Waals surface area (Å²) in [5, 5.41) is 3.64. The first-order valence-electron chi connectivity index (χ1n) is 5.51. The minimum Gasteiger partial charge on any atom is -0.310 e. The SMILES string of the molecule is Brc1ccc(CNC2CCSCC2)cc1Br. The third kappa shape index (κ3) is 3.76. The Morgan fingerprint density at radius 2 is 1.94 bits per heavy atom. The van der Waals surface area contributed by atoms with Crippen molar-refractivity contribution in [1.82, 2.24) is 5.32 Å². The van der Waals surface area contributed by atoms with Crippen molar-refractivity contribution < 1.29 is 0 Å². The van der Waals surface area contributed by atoms with Gasteiger partial charge in [0.1, 0.15) is 0 Å². The second kappa shape index (κ2) is 6.43. The van der Waals surface area contributed by atoms with E-state index < -0.39 is 0 Å². The Bertz CT molecular complexity index is 351. The highest BCUT2D eigenvalue weighted by molar-refractivity contribution is 9.13. The van der Waals surface area contributed by atoms with Gasteiger partial charge >= 0.3 is 0 Å². The van der Waals surface area contributed by atoms with Gasteiger partial charge in [-0.15, -0.1) is 0 Å². The van der Waals surface area contributed by atoms with Crippen LogP contribution in [0.1, 0.15) is 18.4 Å². The second-order valence-corrected chi connectivity index (χ2v) is 6.95. The van der Waals surface area contributed by atoms with E-state index >= 15 is 0 Å². The molecule has 0 radical (unpaired) electrons. The molecule has 0 atom stereocenters. The molecule has 0 aliphatic carbocycles. The molecule has 1 saturated heterocycles. The van der Waals surface area contributed by atoms with E-state index in [0.717, 1.165) is 15.5 Å². The van der Waals surface area contributed by atoms with E-state index in [2.05, 4.69) is 67.1 Å². The zero-order valence-corrected chi connectivity index (χ0v) is 13.0. The van der Waals surface area contributed by atoms with Crippen molar-refractivity contribution in [1.29, 1.82) is 0 Å². The van der Waals surface area contributed by atoms with Gasteiger partial charge < -0.3 is 5.32 Å². The molecule has 2 rings (SSSR count). The van der Waals surface area contributed by atoms with Crippen LogP contribution in [0.25, 0.3) is 0 Å². The summed E-state index contributed by atoms with van der Waals surface area (Å²) in [6.45, 7) is 0.973. The Labute approximate surface area is 118 Å². The summed E-state index contributed by atoms with van der Waals surface area (Å²) in [4.78, 5) is 0. The van der Waals surface area contributed by atoms with Gasteiger partial charge in [-0.25, -0.2) is 0 Å². The smallest absolute Gasteiger partial charge is 0.0320 e. The first-order chi connectivity index (χ1) is 7.75. The van der Waals surface area contributed by atoms with Gasteiger partial charge in [0.15, 0.2) is 0 Å². The number of rotatable bonds is 3. The van der Waals surface area contributed by atoms with Crippen LogP contribution in [-0.4, -0.2) is 17.5 Å². The number of hydrogen-bond acceptors (Lipinski definition) is 2. The number of hydrogen-bond donors (Lipinski definition) is 1. The predicted octanol–water partition coefficient (Wildman–Crippen LogP) is 4.20. The topological polar surface area (TPSA) is 12.0 Å². The number of nitrogens with one attached hydrogen (secondary N) is 1. The fourth-order valence-corrected chi connectivity index (χ4v) is 3.59. The van der Waals surface area contributed by atoms with Gasteiger partial charge in [0.25, 0.3) is 0 Å². The van der Waals surface area contributed by atoms with Crippen molar-refractivity contribution >= 4 is 43.6 Å². The molecule has 0 amide bonds. The highest BCUT2D eigenvalue weighted by atomic mass is 79.9. The van der Waals surface area contributed by atoms with Crippen molar-refractivity contribution in [3.63, 3.8) is 0 Å². The van der Waals surface area contributed by atoms with Crippen molar-refractivity contribution in [3.05, 3.63) is 32.7 Å². The van der Waals surface area contributed by atoms with Crippen LogP contribution >= 0.6 is 43.6 Å². The molecule has 1 aromatic rings. The quantitative estimate of drug-likeness (QED) is 0.862. The van der Waals surface area contributed by atoms with Crippen LogP contribution in [0.3, 0.4) is 0 Å². The molecule has 1 nitrogen and oxygen atoms in total. The molecular weight excluding hydrogens is 350 g/mol. The molecule has 1 fully saturated rings. The Morgan fingerprint density at radius 3 is 2.62 bits per heavy atom. The standard InChI is InChI=1S/C12H15Br2NS/c13-11-2-1-9(7-12(11)14)8-15-10-3-5-16-6-4-10/h1-2,7,10,15H,3-6,8H2. The molecule has 0 aromatic heterocycles. The van der Waals surface area contributed by atoms with Crippen LogP contribution in [0, 0.1) is 0 Å². The maximum absolute atomic E-state index is 3.64. The molecule has 1 heterocycles. The van der Waals surface area contributed by atoms with Gasteiger partial charge in [-0.1, -0.05) is 6.07 Å². The molecule has 0 saturated carbocycles. The predicted molar refractivity (Wildman–Crippen MR) is 79.0 cm³/mol.